The van der Waals surface area contributed by atoms with Crippen molar-refractivity contribution in [3.05, 3.63) is 35.7 Å². The summed E-state index contributed by atoms with van der Waals surface area (Å²) >= 11 is 0. The number of pyridine rings is 1. The highest BCUT2D eigenvalue weighted by Crippen LogP contribution is 2.30. The van der Waals surface area contributed by atoms with Gasteiger partial charge in [-0.1, -0.05) is 13.0 Å². The van der Waals surface area contributed by atoms with Crippen LogP contribution in [-0.4, -0.2) is 46.2 Å². The molecule has 1 atom stereocenters. The third-order valence-corrected chi connectivity index (χ3v) is 5.06. The maximum atomic E-state index is 12.6. The molecule has 2 bridgehead atoms. The summed E-state index contributed by atoms with van der Waals surface area (Å²) in [5, 5.41) is 4.36. The first-order valence-corrected chi connectivity index (χ1v) is 8.15. The Balaban J connectivity index is 1.58. The van der Waals surface area contributed by atoms with Crippen molar-refractivity contribution in [3.63, 3.8) is 0 Å². The highest BCUT2D eigenvalue weighted by atomic mass is 16.5. The van der Waals surface area contributed by atoms with Crippen molar-refractivity contribution in [2.75, 3.05) is 19.6 Å². The van der Waals surface area contributed by atoms with Crippen molar-refractivity contribution in [1.82, 2.24) is 14.5 Å². The quantitative estimate of drug-likeness (QED) is 0.815. The summed E-state index contributed by atoms with van der Waals surface area (Å²) in [5.41, 5.74) is 2.51. The van der Waals surface area contributed by atoms with Gasteiger partial charge in [0.1, 0.15) is 11.7 Å². The van der Waals surface area contributed by atoms with E-state index in [1.807, 2.05) is 22.7 Å². The molecule has 2 aromatic heterocycles. The van der Waals surface area contributed by atoms with Crippen LogP contribution in [0.2, 0.25) is 0 Å². The van der Waals surface area contributed by atoms with E-state index in [1.165, 1.54) is 0 Å². The van der Waals surface area contributed by atoms with E-state index in [-0.39, 0.29) is 12.1 Å². The van der Waals surface area contributed by atoms with Gasteiger partial charge in [0.15, 0.2) is 0 Å². The lowest BCUT2D eigenvalue weighted by molar-refractivity contribution is -0.0454. The summed E-state index contributed by atoms with van der Waals surface area (Å²) in [7, 11) is 0. The number of hydrogen-bond donors (Lipinski definition) is 0. The van der Waals surface area contributed by atoms with E-state index in [4.69, 9.17) is 4.74 Å². The Morgan fingerprint density at radius 3 is 2.86 bits per heavy atom. The summed E-state index contributed by atoms with van der Waals surface area (Å²) in [5.74, 6) is 0.295. The predicted molar refractivity (Wildman–Crippen MR) is 82.9 cm³/mol. The lowest BCUT2D eigenvalue weighted by Gasteiger charge is -2.43. The van der Waals surface area contributed by atoms with Gasteiger partial charge >= 0.3 is 5.97 Å². The molecule has 0 amide bonds. The Kier molecular flexibility index (Phi) is 3.37. The summed E-state index contributed by atoms with van der Waals surface area (Å²) in [6, 6.07) is 5.93. The van der Waals surface area contributed by atoms with Gasteiger partial charge in [0, 0.05) is 12.2 Å². The molecular formula is C17H21N3O2. The molecule has 5 nitrogen and oxygen atoms in total. The lowest BCUT2D eigenvalue weighted by Crippen LogP contribution is -2.51. The fourth-order valence-electron chi connectivity index (χ4n) is 3.74. The smallest absolute Gasteiger partial charge is 0.342 e. The van der Waals surface area contributed by atoms with Crippen LogP contribution in [0.25, 0.3) is 5.52 Å². The van der Waals surface area contributed by atoms with Gasteiger partial charge in [0.05, 0.1) is 11.7 Å². The van der Waals surface area contributed by atoms with Gasteiger partial charge in [0.25, 0.3) is 0 Å². The molecule has 0 saturated carbocycles. The third-order valence-electron chi connectivity index (χ3n) is 5.06. The first-order valence-electron chi connectivity index (χ1n) is 8.15. The Morgan fingerprint density at radius 1 is 1.36 bits per heavy atom. The second-order valence-electron chi connectivity index (χ2n) is 6.31. The van der Waals surface area contributed by atoms with Gasteiger partial charge in [-0.15, -0.1) is 0 Å². The van der Waals surface area contributed by atoms with Crippen LogP contribution in [0, 0.1) is 5.92 Å². The van der Waals surface area contributed by atoms with Gasteiger partial charge in [-0.25, -0.2) is 9.31 Å². The number of esters is 1. The van der Waals surface area contributed by atoms with Gasteiger partial charge in [0.2, 0.25) is 0 Å². The van der Waals surface area contributed by atoms with E-state index in [0.29, 0.717) is 11.5 Å². The van der Waals surface area contributed by atoms with Crippen molar-refractivity contribution in [3.8, 4) is 0 Å². The molecule has 116 valence electrons. The second-order valence-corrected chi connectivity index (χ2v) is 6.31. The molecular weight excluding hydrogens is 278 g/mol. The SMILES string of the molecule is CCc1cccc2c(C(=O)OC3CN4CCC3CC4)cnn12. The molecule has 5 rings (SSSR count). The van der Waals surface area contributed by atoms with Crippen LogP contribution in [0.4, 0.5) is 0 Å². The third kappa shape index (κ3) is 2.20. The van der Waals surface area contributed by atoms with E-state index in [1.54, 1.807) is 6.20 Å². The monoisotopic (exact) mass is 299 g/mol. The molecule has 0 N–H and O–H groups in total. The summed E-state index contributed by atoms with van der Waals surface area (Å²) in [4.78, 5) is 15.0. The Bertz CT molecular complexity index is 701. The minimum absolute atomic E-state index is 0.0410. The number of aryl methyl sites for hydroxylation is 1. The number of piperidine rings is 3. The van der Waals surface area contributed by atoms with Crippen molar-refractivity contribution < 1.29 is 9.53 Å². The zero-order valence-corrected chi connectivity index (χ0v) is 12.9. The Hall–Kier alpha value is -1.88. The van der Waals surface area contributed by atoms with Crippen LogP contribution >= 0.6 is 0 Å². The highest BCUT2D eigenvalue weighted by molar-refractivity contribution is 5.96. The number of nitrogens with zero attached hydrogens (tertiary/aromatic N) is 3. The van der Waals surface area contributed by atoms with Gasteiger partial charge in [-0.2, -0.15) is 5.10 Å². The van der Waals surface area contributed by atoms with E-state index in [0.717, 1.165) is 50.1 Å². The Labute approximate surface area is 129 Å². The van der Waals surface area contributed by atoms with Crippen LogP contribution < -0.4 is 0 Å². The molecule has 0 aliphatic carbocycles. The molecule has 3 aliphatic heterocycles. The standard InChI is InChI=1S/C17H21N3O2/c1-2-13-4-3-5-15-14(10-18-20(13)15)17(21)22-16-11-19-8-6-12(16)7-9-19/h3-5,10,12,16H,2,6-9,11H2,1H3. The highest BCUT2D eigenvalue weighted by Gasteiger charge is 2.36. The van der Waals surface area contributed by atoms with Gasteiger partial charge in [-0.3, -0.25) is 4.90 Å². The molecule has 0 radical (unpaired) electrons. The summed E-state index contributed by atoms with van der Waals surface area (Å²) in [6.07, 6.45) is 4.85. The Morgan fingerprint density at radius 2 is 2.18 bits per heavy atom. The maximum Gasteiger partial charge on any atom is 0.342 e. The largest absolute Gasteiger partial charge is 0.457 e. The number of carbonyl (C=O) groups excluding carboxylic acids is 1. The molecule has 2 aromatic rings. The minimum atomic E-state index is -0.234. The topological polar surface area (TPSA) is 46.8 Å². The molecule has 1 unspecified atom stereocenters. The molecule has 3 saturated heterocycles. The van der Waals surface area contributed by atoms with E-state index in [2.05, 4.69) is 16.9 Å². The lowest BCUT2D eigenvalue weighted by atomic mass is 9.86. The van der Waals surface area contributed by atoms with E-state index in [9.17, 15) is 4.79 Å². The number of ether oxygens (including phenoxy) is 1. The zero-order valence-electron chi connectivity index (χ0n) is 12.9. The average Bonchev–Trinajstić information content (AvgIpc) is 3.00. The predicted octanol–water partition coefficient (Wildman–Crippen LogP) is 2.15. The number of rotatable bonds is 3. The fraction of sp³-hybridized carbons (Fsp3) is 0.529. The zero-order chi connectivity index (χ0) is 15.1. The molecule has 22 heavy (non-hydrogen) atoms. The molecule has 5 heteroatoms. The number of fused-ring (bicyclic) bond motifs is 4. The summed E-state index contributed by atoms with van der Waals surface area (Å²) < 4.78 is 7.66. The van der Waals surface area contributed by atoms with Crippen molar-refractivity contribution in [1.29, 1.82) is 0 Å². The molecule has 3 fully saturated rings. The van der Waals surface area contributed by atoms with Gasteiger partial charge in [-0.05, 0) is 50.4 Å². The number of hydrogen-bond acceptors (Lipinski definition) is 4. The first-order chi connectivity index (χ1) is 10.8. The normalized spacial score (nSPS) is 27.2. The van der Waals surface area contributed by atoms with Gasteiger partial charge < -0.3 is 4.74 Å². The van der Waals surface area contributed by atoms with E-state index < -0.39 is 0 Å². The van der Waals surface area contributed by atoms with Crippen LogP contribution in [0.3, 0.4) is 0 Å². The molecule has 0 spiro atoms. The van der Waals surface area contributed by atoms with E-state index >= 15 is 0 Å². The summed E-state index contributed by atoms with van der Waals surface area (Å²) in [6.45, 7) is 5.27. The molecule has 3 aliphatic rings. The van der Waals surface area contributed by atoms with Crippen molar-refractivity contribution >= 4 is 11.5 Å². The second kappa shape index (κ2) is 5.39. The van der Waals surface area contributed by atoms with Crippen molar-refractivity contribution in [2.24, 2.45) is 5.92 Å². The molecule has 0 aromatic carbocycles. The van der Waals surface area contributed by atoms with Crippen LogP contribution in [0.15, 0.2) is 24.4 Å². The fourth-order valence-corrected chi connectivity index (χ4v) is 3.74. The minimum Gasteiger partial charge on any atom is -0.457 e. The number of carbonyl (C=O) groups is 1. The van der Waals surface area contributed by atoms with Crippen LogP contribution in [-0.2, 0) is 11.2 Å². The first kappa shape index (κ1) is 13.8. The van der Waals surface area contributed by atoms with Crippen LogP contribution in [0.5, 0.6) is 0 Å². The average molecular weight is 299 g/mol. The number of aromatic nitrogens is 2. The molecule has 5 heterocycles. The maximum absolute atomic E-state index is 12.6. The van der Waals surface area contributed by atoms with Crippen LogP contribution in [0.1, 0.15) is 35.8 Å². The van der Waals surface area contributed by atoms with Crippen molar-refractivity contribution in [2.45, 2.75) is 32.3 Å².